The molecule has 2 aromatic rings. The highest BCUT2D eigenvalue weighted by atomic mass is 32.2. The number of aromatic nitrogens is 1. The van der Waals surface area contributed by atoms with Gasteiger partial charge in [0.1, 0.15) is 18.1 Å². The molecule has 1 aliphatic heterocycles. The van der Waals surface area contributed by atoms with Crippen molar-refractivity contribution in [1.82, 2.24) is 10.1 Å². The number of ether oxygens (including phenoxy) is 1. The minimum Gasteiger partial charge on any atom is -0.491 e. The van der Waals surface area contributed by atoms with Gasteiger partial charge in [-0.3, -0.25) is 4.79 Å². The maximum atomic E-state index is 12.7. The van der Waals surface area contributed by atoms with Crippen LogP contribution in [0.3, 0.4) is 0 Å². The lowest BCUT2D eigenvalue weighted by atomic mass is 10.2. The molecule has 24 heavy (non-hydrogen) atoms. The van der Waals surface area contributed by atoms with Crippen LogP contribution in [0.1, 0.15) is 29.5 Å². The SMILES string of the molecule is Cc1noc(C)c1CSCC(=O)N1Cc2ccccc2OC[C@@H]1C. The van der Waals surface area contributed by atoms with Crippen molar-refractivity contribution in [3.05, 3.63) is 46.8 Å². The van der Waals surface area contributed by atoms with Crippen LogP contribution in [-0.2, 0) is 17.1 Å². The summed E-state index contributed by atoms with van der Waals surface area (Å²) < 4.78 is 11.0. The Balaban J connectivity index is 1.62. The average Bonchev–Trinajstić information content (AvgIpc) is 2.80. The van der Waals surface area contributed by atoms with E-state index in [-0.39, 0.29) is 11.9 Å². The van der Waals surface area contributed by atoms with Crippen LogP contribution in [0.25, 0.3) is 0 Å². The van der Waals surface area contributed by atoms with Crippen LogP contribution < -0.4 is 4.74 Å². The molecule has 0 spiro atoms. The Morgan fingerprint density at radius 2 is 2.17 bits per heavy atom. The Morgan fingerprint density at radius 3 is 2.92 bits per heavy atom. The van der Waals surface area contributed by atoms with Gasteiger partial charge in [0.2, 0.25) is 5.91 Å². The summed E-state index contributed by atoms with van der Waals surface area (Å²) in [5.41, 5.74) is 3.05. The van der Waals surface area contributed by atoms with E-state index in [2.05, 4.69) is 5.16 Å². The second-order valence-corrected chi connectivity index (χ2v) is 7.07. The van der Waals surface area contributed by atoms with E-state index >= 15 is 0 Å². The maximum Gasteiger partial charge on any atom is 0.233 e. The molecule has 5 nitrogen and oxygen atoms in total. The number of carbonyl (C=O) groups is 1. The number of benzene rings is 1. The van der Waals surface area contributed by atoms with Crippen molar-refractivity contribution in [2.24, 2.45) is 0 Å². The second-order valence-electron chi connectivity index (χ2n) is 6.08. The number of hydrogen-bond donors (Lipinski definition) is 0. The van der Waals surface area contributed by atoms with E-state index < -0.39 is 0 Å². The van der Waals surface area contributed by atoms with Crippen LogP contribution >= 0.6 is 11.8 Å². The van der Waals surface area contributed by atoms with Gasteiger partial charge in [-0.15, -0.1) is 11.8 Å². The molecular weight excluding hydrogens is 324 g/mol. The smallest absolute Gasteiger partial charge is 0.233 e. The van der Waals surface area contributed by atoms with Crippen molar-refractivity contribution in [1.29, 1.82) is 0 Å². The molecule has 0 fully saturated rings. The van der Waals surface area contributed by atoms with Crippen LogP contribution in [0.5, 0.6) is 5.75 Å². The molecule has 6 heteroatoms. The van der Waals surface area contributed by atoms with Gasteiger partial charge >= 0.3 is 0 Å². The number of nitrogens with zero attached hydrogens (tertiary/aromatic N) is 2. The summed E-state index contributed by atoms with van der Waals surface area (Å²) in [6.45, 7) is 6.99. The molecule has 1 atom stereocenters. The number of para-hydroxylation sites is 1. The quantitative estimate of drug-likeness (QED) is 0.850. The van der Waals surface area contributed by atoms with Crippen molar-refractivity contribution in [2.45, 2.75) is 39.1 Å². The summed E-state index contributed by atoms with van der Waals surface area (Å²) in [6.07, 6.45) is 0. The molecule has 1 aromatic carbocycles. The van der Waals surface area contributed by atoms with Gasteiger partial charge in [0.05, 0.1) is 17.5 Å². The average molecular weight is 346 g/mol. The third-order valence-corrected chi connectivity index (χ3v) is 5.24. The normalized spacial score (nSPS) is 17.1. The number of thioether (sulfide) groups is 1. The largest absolute Gasteiger partial charge is 0.491 e. The van der Waals surface area contributed by atoms with Gasteiger partial charge in [-0.2, -0.15) is 0 Å². The summed E-state index contributed by atoms with van der Waals surface area (Å²) >= 11 is 1.60. The Kier molecular flexibility index (Phi) is 5.14. The fourth-order valence-corrected chi connectivity index (χ4v) is 3.84. The molecule has 128 valence electrons. The molecule has 0 bridgehead atoms. The first-order chi connectivity index (χ1) is 11.6. The van der Waals surface area contributed by atoms with E-state index in [9.17, 15) is 4.79 Å². The molecule has 1 aromatic heterocycles. The summed E-state index contributed by atoms with van der Waals surface area (Å²) in [4.78, 5) is 14.6. The van der Waals surface area contributed by atoms with Crippen LogP contribution in [0.15, 0.2) is 28.8 Å². The van der Waals surface area contributed by atoms with E-state index in [1.165, 1.54) is 0 Å². The molecule has 0 N–H and O–H groups in total. The zero-order valence-corrected chi connectivity index (χ0v) is 15.1. The van der Waals surface area contributed by atoms with E-state index in [1.54, 1.807) is 11.8 Å². The molecule has 0 saturated heterocycles. The predicted molar refractivity (Wildman–Crippen MR) is 94.1 cm³/mol. The Morgan fingerprint density at radius 1 is 1.38 bits per heavy atom. The number of fused-ring (bicyclic) bond motifs is 1. The number of carbonyl (C=O) groups excluding carboxylic acids is 1. The van der Waals surface area contributed by atoms with Gasteiger partial charge < -0.3 is 14.2 Å². The molecule has 2 heterocycles. The first-order valence-corrected chi connectivity index (χ1v) is 9.21. The van der Waals surface area contributed by atoms with Crippen LogP contribution in [0.4, 0.5) is 0 Å². The molecule has 0 radical (unpaired) electrons. The maximum absolute atomic E-state index is 12.7. The Labute approximate surface area is 146 Å². The number of aryl methyl sites for hydroxylation is 2. The lowest BCUT2D eigenvalue weighted by molar-refractivity contribution is -0.131. The third-order valence-electron chi connectivity index (χ3n) is 4.30. The minimum absolute atomic E-state index is 0.0598. The summed E-state index contributed by atoms with van der Waals surface area (Å²) in [5.74, 6) is 3.03. The van der Waals surface area contributed by atoms with E-state index in [0.717, 1.165) is 34.1 Å². The summed E-state index contributed by atoms with van der Waals surface area (Å²) in [5, 5.41) is 3.95. The molecule has 0 aliphatic carbocycles. The number of rotatable bonds is 4. The van der Waals surface area contributed by atoms with Crippen molar-refractivity contribution >= 4 is 17.7 Å². The Bertz CT molecular complexity index is 709. The first kappa shape index (κ1) is 16.9. The fourth-order valence-electron chi connectivity index (χ4n) is 2.78. The Hall–Kier alpha value is -1.95. The van der Waals surface area contributed by atoms with Crippen LogP contribution in [0.2, 0.25) is 0 Å². The van der Waals surface area contributed by atoms with E-state index in [1.807, 2.05) is 49.9 Å². The third kappa shape index (κ3) is 3.59. The van der Waals surface area contributed by atoms with Crippen molar-refractivity contribution in [3.8, 4) is 5.75 Å². The number of hydrogen-bond acceptors (Lipinski definition) is 5. The van der Waals surface area contributed by atoms with Crippen LogP contribution in [0, 0.1) is 13.8 Å². The lowest BCUT2D eigenvalue weighted by Crippen LogP contribution is -2.40. The fraction of sp³-hybridized carbons (Fsp3) is 0.444. The van der Waals surface area contributed by atoms with Gasteiger partial charge in [0.25, 0.3) is 0 Å². The molecule has 1 amide bonds. The van der Waals surface area contributed by atoms with Crippen molar-refractivity contribution in [3.63, 3.8) is 0 Å². The standard InChI is InChI=1S/C18H22N2O3S/c1-12-9-22-17-7-5-4-6-15(17)8-20(12)18(21)11-24-10-16-13(2)19-23-14(16)3/h4-7,12H,8-11H2,1-3H3/t12-/m0/s1. The highest BCUT2D eigenvalue weighted by Gasteiger charge is 2.25. The summed E-state index contributed by atoms with van der Waals surface area (Å²) in [7, 11) is 0. The van der Waals surface area contributed by atoms with Gasteiger partial charge in [0, 0.05) is 23.4 Å². The second kappa shape index (κ2) is 7.30. The predicted octanol–water partition coefficient (Wildman–Crippen LogP) is 3.33. The molecule has 0 unspecified atom stereocenters. The zero-order valence-electron chi connectivity index (χ0n) is 14.2. The van der Waals surface area contributed by atoms with Crippen molar-refractivity contribution < 1.29 is 14.1 Å². The molecular formula is C18H22N2O3S. The van der Waals surface area contributed by atoms with E-state index in [0.29, 0.717) is 18.9 Å². The minimum atomic E-state index is 0.0598. The zero-order chi connectivity index (χ0) is 17.1. The summed E-state index contributed by atoms with van der Waals surface area (Å²) in [6, 6.07) is 7.98. The topological polar surface area (TPSA) is 55.6 Å². The highest BCUT2D eigenvalue weighted by Crippen LogP contribution is 2.26. The van der Waals surface area contributed by atoms with Gasteiger partial charge in [0.15, 0.2) is 0 Å². The van der Waals surface area contributed by atoms with Gasteiger partial charge in [-0.1, -0.05) is 23.4 Å². The number of amides is 1. The van der Waals surface area contributed by atoms with Gasteiger partial charge in [-0.25, -0.2) is 0 Å². The molecule has 3 rings (SSSR count). The molecule has 1 aliphatic rings. The monoisotopic (exact) mass is 346 g/mol. The van der Waals surface area contributed by atoms with Gasteiger partial charge in [-0.05, 0) is 26.8 Å². The lowest BCUT2D eigenvalue weighted by Gasteiger charge is -2.26. The van der Waals surface area contributed by atoms with E-state index in [4.69, 9.17) is 9.26 Å². The highest BCUT2D eigenvalue weighted by molar-refractivity contribution is 7.99. The first-order valence-electron chi connectivity index (χ1n) is 8.06. The van der Waals surface area contributed by atoms with Crippen LogP contribution in [-0.4, -0.2) is 34.4 Å². The van der Waals surface area contributed by atoms with Crippen molar-refractivity contribution in [2.75, 3.05) is 12.4 Å². The molecule has 0 saturated carbocycles.